The maximum absolute atomic E-state index is 5.28. The van der Waals surface area contributed by atoms with Crippen LogP contribution in [0, 0.1) is 0 Å². The van der Waals surface area contributed by atoms with Gasteiger partial charge in [0.05, 0.1) is 13.3 Å². The normalized spacial score (nSPS) is 17.3. The van der Waals surface area contributed by atoms with Gasteiger partial charge in [-0.3, -0.25) is 9.67 Å². The third-order valence-electron chi connectivity index (χ3n) is 4.48. The number of guanidine groups is 1. The van der Waals surface area contributed by atoms with Crippen molar-refractivity contribution in [2.45, 2.75) is 18.9 Å². The summed E-state index contributed by atoms with van der Waals surface area (Å²) >= 11 is 0. The summed E-state index contributed by atoms with van der Waals surface area (Å²) in [6.07, 6.45) is 5.22. The molecular weight excluding hydrogens is 429 g/mol. The van der Waals surface area contributed by atoms with Gasteiger partial charge in [0.1, 0.15) is 5.75 Å². The van der Waals surface area contributed by atoms with E-state index in [0.29, 0.717) is 5.92 Å². The molecule has 1 atom stereocenters. The summed E-state index contributed by atoms with van der Waals surface area (Å²) < 4.78 is 7.15. The first-order valence-corrected chi connectivity index (χ1v) is 8.26. The maximum atomic E-state index is 5.28. The van der Waals surface area contributed by atoms with Gasteiger partial charge in [-0.15, -0.1) is 24.0 Å². The molecular formula is C18H26IN5O. The summed E-state index contributed by atoms with van der Waals surface area (Å²) in [4.78, 5) is 6.76. The van der Waals surface area contributed by atoms with Crippen molar-refractivity contribution in [2.75, 3.05) is 27.2 Å². The largest absolute Gasteiger partial charge is 0.497 e. The molecule has 0 amide bonds. The van der Waals surface area contributed by atoms with Gasteiger partial charge in [-0.25, -0.2) is 0 Å². The number of halogens is 1. The molecule has 1 fully saturated rings. The van der Waals surface area contributed by atoms with Gasteiger partial charge in [-0.05, 0) is 29.7 Å². The first kappa shape index (κ1) is 19.6. The third-order valence-corrected chi connectivity index (χ3v) is 4.48. The Labute approximate surface area is 166 Å². The lowest BCUT2D eigenvalue weighted by molar-refractivity contribution is 0.414. The second kappa shape index (κ2) is 9.07. The number of benzene rings is 1. The molecule has 0 aliphatic carbocycles. The molecule has 2 heterocycles. The van der Waals surface area contributed by atoms with E-state index in [1.807, 2.05) is 43.2 Å². The van der Waals surface area contributed by atoms with E-state index in [9.17, 15) is 0 Å². The summed E-state index contributed by atoms with van der Waals surface area (Å²) in [5.41, 5.74) is 2.49. The highest BCUT2D eigenvalue weighted by atomic mass is 127. The standard InChI is InChI=1S/C18H25N5O.HI/c1-19-18(20-10-14-5-4-6-17(9-14)24-3)23-8-7-15(13-23)16-11-21-22(2)12-16;/h4-6,9,11-12,15H,7-8,10,13H2,1-3H3,(H,19,20);1H. The van der Waals surface area contributed by atoms with Crippen LogP contribution < -0.4 is 10.1 Å². The summed E-state index contributed by atoms with van der Waals surface area (Å²) in [7, 11) is 5.49. The summed E-state index contributed by atoms with van der Waals surface area (Å²) in [6.45, 7) is 2.72. The first-order chi connectivity index (χ1) is 11.7. The van der Waals surface area contributed by atoms with Crippen LogP contribution in [0.4, 0.5) is 0 Å². The molecule has 6 nitrogen and oxygen atoms in total. The van der Waals surface area contributed by atoms with Crippen LogP contribution in [-0.4, -0.2) is 47.9 Å². The molecule has 0 saturated carbocycles. The predicted molar refractivity (Wildman–Crippen MR) is 111 cm³/mol. The molecule has 1 aromatic heterocycles. The first-order valence-electron chi connectivity index (χ1n) is 8.26. The zero-order valence-electron chi connectivity index (χ0n) is 15.0. The Kier molecular flexibility index (Phi) is 7.10. The molecule has 0 bridgehead atoms. The molecule has 7 heteroatoms. The van der Waals surface area contributed by atoms with Crippen molar-refractivity contribution in [3.63, 3.8) is 0 Å². The average molecular weight is 455 g/mol. The number of hydrogen-bond donors (Lipinski definition) is 1. The minimum atomic E-state index is 0. The summed E-state index contributed by atoms with van der Waals surface area (Å²) in [5.74, 6) is 2.35. The van der Waals surface area contributed by atoms with E-state index >= 15 is 0 Å². The van der Waals surface area contributed by atoms with Crippen LogP contribution in [0.3, 0.4) is 0 Å². The van der Waals surface area contributed by atoms with Gasteiger partial charge < -0.3 is 15.0 Å². The number of ether oxygens (including phenoxy) is 1. The van der Waals surface area contributed by atoms with Crippen LogP contribution in [0.2, 0.25) is 0 Å². The van der Waals surface area contributed by atoms with E-state index in [1.165, 1.54) is 11.1 Å². The monoisotopic (exact) mass is 455 g/mol. The number of rotatable bonds is 4. The molecule has 1 N–H and O–H groups in total. The Morgan fingerprint density at radius 2 is 2.28 bits per heavy atom. The van der Waals surface area contributed by atoms with E-state index < -0.39 is 0 Å². The number of aliphatic imine (C=N–C) groups is 1. The van der Waals surface area contributed by atoms with Crippen LogP contribution in [-0.2, 0) is 13.6 Å². The fourth-order valence-electron chi connectivity index (χ4n) is 3.17. The second-order valence-electron chi connectivity index (χ2n) is 6.13. The van der Waals surface area contributed by atoms with Crippen molar-refractivity contribution in [3.8, 4) is 5.75 Å². The minimum absolute atomic E-state index is 0. The second-order valence-corrected chi connectivity index (χ2v) is 6.13. The Bertz CT molecular complexity index is 715. The molecule has 136 valence electrons. The van der Waals surface area contributed by atoms with E-state index in [1.54, 1.807) is 7.11 Å². The number of methoxy groups -OCH3 is 1. The van der Waals surface area contributed by atoms with Crippen LogP contribution in [0.1, 0.15) is 23.5 Å². The van der Waals surface area contributed by atoms with Gasteiger partial charge in [0.2, 0.25) is 0 Å². The Morgan fingerprint density at radius 1 is 1.44 bits per heavy atom. The molecule has 1 unspecified atom stereocenters. The highest BCUT2D eigenvalue weighted by Crippen LogP contribution is 2.26. The van der Waals surface area contributed by atoms with Gasteiger partial charge in [0.25, 0.3) is 0 Å². The number of aryl methyl sites for hydroxylation is 1. The fourth-order valence-corrected chi connectivity index (χ4v) is 3.17. The topological polar surface area (TPSA) is 54.7 Å². The van der Waals surface area contributed by atoms with Crippen molar-refractivity contribution < 1.29 is 4.74 Å². The Morgan fingerprint density at radius 3 is 2.96 bits per heavy atom. The van der Waals surface area contributed by atoms with Crippen LogP contribution in [0.25, 0.3) is 0 Å². The third kappa shape index (κ3) is 4.87. The number of hydrogen-bond acceptors (Lipinski definition) is 3. The Hall–Kier alpha value is -1.77. The molecule has 0 radical (unpaired) electrons. The van der Waals surface area contributed by atoms with Gasteiger partial charge in [0, 0.05) is 45.8 Å². The highest BCUT2D eigenvalue weighted by molar-refractivity contribution is 14.0. The van der Waals surface area contributed by atoms with Crippen molar-refractivity contribution in [1.29, 1.82) is 0 Å². The summed E-state index contributed by atoms with van der Waals surface area (Å²) in [5, 5.41) is 7.74. The van der Waals surface area contributed by atoms with Crippen LogP contribution >= 0.6 is 24.0 Å². The lowest BCUT2D eigenvalue weighted by Gasteiger charge is -2.21. The van der Waals surface area contributed by atoms with E-state index in [4.69, 9.17) is 4.74 Å². The number of nitrogens with one attached hydrogen (secondary N) is 1. The average Bonchev–Trinajstić information content (AvgIpc) is 3.25. The van der Waals surface area contributed by atoms with E-state index in [0.717, 1.165) is 37.8 Å². The molecule has 25 heavy (non-hydrogen) atoms. The molecule has 1 aliphatic rings. The minimum Gasteiger partial charge on any atom is -0.497 e. The summed E-state index contributed by atoms with van der Waals surface area (Å²) in [6, 6.07) is 8.10. The van der Waals surface area contributed by atoms with E-state index in [2.05, 4.69) is 32.6 Å². The van der Waals surface area contributed by atoms with Gasteiger partial charge >= 0.3 is 0 Å². The van der Waals surface area contributed by atoms with Crippen LogP contribution in [0.5, 0.6) is 5.75 Å². The molecule has 1 saturated heterocycles. The van der Waals surface area contributed by atoms with Crippen molar-refractivity contribution in [3.05, 3.63) is 47.8 Å². The smallest absolute Gasteiger partial charge is 0.193 e. The molecule has 0 spiro atoms. The van der Waals surface area contributed by atoms with Crippen molar-refractivity contribution in [2.24, 2.45) is 12.0 Å². The predicted octanol–water partition coefficient (Wildman–Crippen LogP) is 2.61. The van der Waals surface area contributed by atoms with Crippen LogP contribution in [0.15, 0.2) is 41.7 Å². The van der Waals surface area contributed by atoms with Crippen molar-refractivity contribution >= 4 is 29.9 Å². The highest BCUT2D eigenvalue weighted by Gasteiger charge is 2.26. The zero-order valence-corrected chi connectivity index (χ0v) is 17.3. The molecule has 3 rings (SSSR count). The van der Waals surface area contributed by atoms with Gasteiger partial charge in [0.15, 0.2) is 5.96 Å². The van der Waals surface area contributed by atoms with Gasteiger partial charge in [-0.1, -0.05) is 12.1 Å². The van der Waals surface area contributed by atoms with Crippen molar-refractivity contribution in [1.82, 2.24) is 20.0 Å². The van der Waals surface area contributed by atoms with Gasteiger partial charge in [-0.2, -0.15) is 5.10 Å². The Balaban J connectivity index is 0.00000225. The number of nitrogens with zero attached hydrogens (tertiary/aromatic N) is 4. The fraction of sp³-hybridized carbons (Fsp3) is 0.444. The molecule has 1 aromatic carbocycles. The maximum Gasteiger partial charge on any atom is 0.193 e. The quantitative estimate of drug-likeness (QED) is 0.438. The zero-order chi connectivity index (χ0) is 16.9. The molecule has 2 aromatic rings. The SMILES string of the molecule is CN=C(NCc1cccc(OC)c1)N1CCC(c2cnn(C)c2)C1.I. The van der Waals surface area contributed by atoms with E-state index in [-0.39, 0.29) is 24.0 Å². The lowest BCUT2D eigenvalue weighted by Crippen LogP contribution is -2.39. The number of aromatic nitrogens is 2. The molecule has 1 aliphatic heterocycles. The number of likely N-dealkylation sites (tertiary alicyclic amines) is 1. The lowest BCUT2D eigenvalue weighted by atomic mass is 10.0.